The molecule has 164 valence electrons. The van der Waals surface area contributed by atoms with Gasteiger partial charge in [0, 0.05) is 24.4 Å². The Hall–Kier alpha value is -2.86. The van der Waals surface area contributed by atoms with Crippen molar-refractivity contribution in [3.05, 3.63) is 59.7 Å². The third-order valence-electron chi connectivity index (χ3n) is 6.11. The summed E-state index contributed by atoms with van der Waals surface area (Å²) < 4.78 is 10.7. The normalized spacial score (nSPS) is 21.4. The molecule has 31 heavy (non-hydrogen) atoms. The molecule has 1 N–H and O–H groups in total. The molecule has 2 saturated heterocycles. The van der Waals surface area contributed by atoms with Crippen molar-refractivity contribution in [2.24, 2.45) is 0 Å². The van der Waals surface area contributed by atoms with E-state index in [2.05, 4.69) is 5.32 Å². The Morgan fingerprint density at radius 1 is 1.03 bits per heavy atom. The second kappa shape index (κ2) is 9.96. The quantitative estimate of drug-likeness (QED) is 0.766. The molecule has 6 nitrogen and oxygen atoms in total. The molecule has 0 radical (unpaired) electrons. The van der Waals surface area contributed by atoms with E-state index in [1.807, 2.05) is 47.4 Å². The number of anilines is 1. The van der Waals surface area contributed by atoms with Gasteiger partial charge < -0.3 is 19.7 Å². The van der Waals surface area contributed by atoms with Gasteiger partial charge in [-0.25, -0.2) is 0 Å². The molecule has 2 heterocycles. The topological polar surface area (TPSA) is 67.9 Å². The Kier molecular flexibility index (Phi) is 6.87. The van der Waals surface area contributed by atoms with E-state index < -0.39 is 6.10 Å². The third kappa shape index (κ3) is 5.07. The fourth-order valence-electron chi connectivity index (χ4n) is 4.43. The maximum atomic E-state index is 13.5. The summed E-state index contributed by atoms with van der Waals surface area (Å²) >= 11 is 0. The van der Waals surface area contributed by atoms with Crippen molar-refractivity contribution in [2.45, 2.75) is 50.7 Å². The largest absolute Gasteiger partial charge is 0.497 e. The fraction of sp³-hybridized carbons (Fsp3) is 0.440. The van der Waals surface area contributed by atoms with Gasteiger partial charge in [-0.15, -0.1) is 0 Å². The van der Waals surface area contributed by atoms with Gasteiger partial charge in [0.05, 0.1) is 13.2 Å². The Morgan fingerprint density at radius 3 is 2.61 bits per heavy atom. The van der Waals surface area contributed by atoms with E-state index in [0.717, 1.165) is 56.4 Å². The van der Waals surface area contributed by atoms with Gasteiger partial charge in [0.2, 0.25) is 0 Å². The number of likely N-dealkylation sites (tertiary alicyclic amines) is 1. The highest BCUT2D eigenvalue weighted by Crippen LogP contribution is 2.32. The van der Waals surface area contributed by atoms with Crippen molar-refractivity contribution in [1.82, 2.24) is 4.90 Å². The van der Waals surface area contributed by atoms with Gasteiger partial charge in [-0.1, -0.05) is 31.0 Å². The van der Waals surface area contributed by atoms with Gasteiger partial charge >= 0.3 is 0 Å². The molecular formula is C25H30N2O4. The zero-order valence-electron chi connectivity index (χ0n) is 18.0. The molecule has 2 aromatic carbocycles. The Balaban J connectivity index is 1.53. The van der Waals surface area contributed by atoms with Crippen LogP contribution < -0.4 is 10.1 Å². The van der Waals surface area contributed by atoms with E-state index in [0.29, 0.717) is 17.9 Å². The average molecular weight is 423 g/mol. The molecule has 0 bridgehead atoms. The smallest absolute Gasteiger partial charge is 0.254 e. The van der Waals surface area contributed by atoms with Crippen molar-refractivity contribution in [3.63, 3.8) is 0 Å². The number of nitrogens with zero attached hydrogens (tertiary/aromatic N) is 1. The lowest BCUT2D eigenvalue weighted by molar-refractivity contribution is -0.124. The lowest BCUT2D eigenvalue weighted by Gasteiger charge is -2.31. The highest BCUT2D eigenvalue weighted by atomic mass is 16.5. The summed E-state index contributed by atoms with van der Waals surface area (Å²) in [5.41, 5.74) is 2.34. The van der Waals surface area contributed by atoms with Crippen LogP contribution in [0.15, 0.2) is 48.5 Å². The van der Waals surface area contributed by atoms with Crippen molar-refractivity contribution >= 4 is 17.5 Å². The first kappa shape index (κ1) is 21.4. The monoisotopic (exact) mass is 422 g/mol. The van der Waals surface area contributed by atoms with Gasteiger partial charge in [-0.2, -0.15) is 0 Å². The lowest BCUT2D eigenvalue weighted by atomic mass is 9.99. The van der Waals surface area contributed by atoms with E-state index >= 15 is 0 Å². The van der Waals surface area contributed by atoms with Crippen LogP contribution in [0.2, 0.25) is 0 Å². The molecule has 0 saturated carbocycles. The highest BCUT2D eigenvalue weighted by molar-refractivity contribution is 5.98. The predicted molar refractivity (Wildman–Crippen MR) is 119 cm³/mol. The maximum absolute atomic E-state index is 13.5. The molecule has 0 aromatic heterocycles. The summed E-state index contributed by atoms with van der Waals surface area (Å²) in [6, 6.07) is 15.2. The van der Waals surface area contributed by atoms with Gasteiger partial charge in [0.15, 0.2) is 0 Å². The molecule has 0 aliphatic carbocycles. The van der Waals surface area contributed by atoms with Crippen molar-refractivity contribution in [2.75, 3.05) is 25.6 Å². The minimum absolute atomic E-state index is 0.00377. The number of amides is 2. The number of carbonyl (C=O) groups excluding carboxylic acids is 2. The van der Waals surface area contributed by atoms with Crippen molar-refractivity contribution in [1.29, 1.82) is 0 Å². The molecule has 2 aliphatic rings. The summed E-state index contributed by atoms with van der Waals surface area (Å²) in [5, 5.41) is 2.90. The van der Waals surface area contributed by atoms with Gasteiger partial charge in [-0.05, 0) is 61.6 Å². The number of carbonyl (C=O) groups is 2. The molecule has 2 aromatic rings. The number of hydrogen-bond acceptors (Lipinski definition) is 4. The number of methoxy groups -OCH3 is 1. The Bertz CT molecular complexity index is 906. The summed E-state index contributed by atoms with van der Waals surface area (Å²) in [4.78, 5) is 27.9. The first-order valence-electron chi connectivity index (χ1n) is 11.1. The van der Waals surface area contributed by atoms with Crippen LogP contribution in [0.3, 0.4) is 0 Å². The van der Waals surface area contributed by atoms with Crippen LogP contribution in [0, 0.1) is 0 Å². The third-order valence-corrected chi connectivity index (χ3v) is 6.11. The van der Waals surface area contributed by atoms with E-state index in [1.54, 1.807) is 13.2 Å². The minimum Gasteiger partial charge on any atom is -0.497 e. The van der Waals surface area contributed by atoms with E-state index in [1.165, 1.54) is 0 Å². The molecule has 2 aliphatic heterocycles. The standard InChI is InChI=1S/C25H30N2O4/c1-30-21-13-11-18(12-14-21)22-9-3-2-4-15-27(22)25(29)19-7-5-8-20(17-19)26-24(28)23-10-6-16-31-23/h5,7-8,11-14,17,22-23H,2-4,6,9-10,15-16H2,1H3,(H,26,28). The minimum atomic E-state index is -0.399. The SMILES string of the molecule is COc1ccc(C2CCCCCN2C(=O)c2cccc(NC(=O)C3CCCO3)c2)cc1. The molecule has 2 atom stereocenters. The van der Waals surface area contributed by atoms with Crippen LogP contribution in [0.5, 0.6) is 5.75 Å². The number of benzene rings is 2. The summed E-state index contributed by atoms with van der Waals surface area (Å²) in [7, 11) is 1.65. The van der Waals surface area contributed by atoms with Crippen molar-refractivity contribution in [3.8, 4) is 5.75 Å². The summed E-state index contributed by atoms with van der Waals surface area (Å²) in [6.45, 7) is 1.35. The van der Waals surface area contributed by atoms with E-state index in [9.17, 15) is 9.59 Å². The second-order valence-corrected chi connectivity index (χ2v) is 8.21. The van der Waals surface area contributed by atoms with Crippen LogP contribution >= 0.6 is 0 Å². The van der Waals surface area contributed by atoms with Gasteiger partial charge in [-0.3, -0.25) is 9.59 Å². The number of ether oxygens (including phenoxy) is 2. The molecule has 2 unspecified atom stereocenters. The van der Waals surface area contributed by atoms with Crippen LogP contribution in [0.4, 0.5) is 5.69 Å². The van der Waals surface area contributed by atoms with Gasteiger partial charge in [0.25, 0.3) is 11.8 Å². The maximum Gasteiger partial charge on any atom is 0.254 e. The first-order valence-corrected chi connectivity index (χ1v) is 11.1. The number of nitrogens with one attached hydrogen (secondary N) is 1. The molecule has 6 heteroatoms. The fourth-order valence-corrected chi connectivity index (χ4v) is 4.43. The predicted octanol–water partition coefficient (Wildman–Crippen LogP) is 4.57. The Morgan fingerprint density at radius 2 is 1.87 bits per heavy atom. The van der Waals surface area contributed by atoms with Gasteiger partial charge in [0.1, 0.15) is 11.9 Å². The number of hydrogen-bond donors (Lipinski definition) is 1. The first-order chi connectivity index (χ1) is 15.2. The summed E-state index contributed by atoms with van der Waals surface area (Å²) in [5.74, 6) is 0.661. The molecule has 0 spiro atoms. The van der Waals surface area contributed by atoms with Crippen LogP contribution in [-0.4, -0.2) is 43.1 Å². The Labute approximate surface area is 183 Å². The van der Waals surface area contributed by atoms with E-state index in [-0.39, 0.29) is 17.9 Å². The van der Waals surface area contributed by atoms with Crippen LogP contribution in [0.25, 0.3) is 0 Å². The lowest BCUT2D eigenvalue weighted by Crippen LogP contribution is -2.35. The van der Waals surface area contributed by atoms with Crippen molar-refractivity contribution < 1.29 is 19.1 Å². The average Bonchev–Trinajstić information content (AvgIpc) is 3.24. The van der Waals surface area contributed by atoms with E-state index in [4.69, 9.17) is 9.47 Å². The molecule has 2 fully saturated rings. The summed E-state index contributed by atoms with van der Waals surface area (Å²) in [6.07, 6.45) is 5.39. The van der Waals surface area contributed by atoms with Crippen LogP contribution in [0.1, 0.15) is 60.5 Å². The van der Waals surface area contributed by atoms with Crippen LogP contribution in [-0.2, 0) is 9.53 Å². The second-order valence-electron chi connectivity index (χ2n) is 8.21. The molecular weight excluding hydrogens is 392 g/mol. The highest BCUT2D eigenvalue weighted by Gasteiger charge is 2.28. The zero-order valence-corrected chi connectivity index (χ0v) is 18.0. The molecule has 4 rings (SSSR count). The zero-order chi connectivity index (χ0) is 21.6. The number of rotatable bonds is 5. The molecule has 2 amide bonds.